The standard InChI is InChI=1S/C25H26FNOSSi/c1-19(2)15-21(18-29-25-14-13-20(17-27)16-24(25)26)28-30(22-9-5-3-6-10-22)23-11-7-4-8-12-23/h3-14,16,19,21,30H,15,18H2,1-2H3. The van der Waals surface area contributed by atoms with Crippen molar-refractivity contribution in [3.05, 3.63) is 90.2 Å². The zero-order valence-corrected chi connectivity index (χ0v) is 19.3. The van der Waals surface area contributed by atoms with Crippen molar-refractivity contribution in [1.82, 2.24) is 0 Å². The van der Waals surface area contributed by atoms with Crippen molar-refractivity contribution in [3.8, 4) is 6.07 Å². The van der Waals surface area contributed by atoms with Crippen LogP contribution in [0.5, 0.6) is 0 Å². The Morgan fingerprint density at radius 1 is 0.967 bits per heavy atom. The van der Waals surface area contributed by atoms with Gasteiger partial charge in [-0.2, -0.15) is 5.26 Å². The Labute approximate surface area is 184 Å². The minimum atomic E-state index is -1.87. The largest absolute Gasteiger partial charge is 0.407 e. The van der Waals surface area contributed by atoms with Gasteiger partial charge in [0, 0.05) is 10.6 Å². The topological polar surface area (TPSA) is 33.0 Å². The predicted molar refractivity (Wildman–Crippen MR) is 125 cm³/mol. The van der Waals surface area contributed by atoms with Crippen LogP contribution in [0.4, 0.5) is 4.39 Å². The van der Waals surface area contributed by atoms with Crippen LogP contribution in [-0.2, 0) is 4.43 Å². The number of nitriles is 1. The minimum Gasteiger partial charge on any atom is -0.407 e. The first kappa shape index (κ1) is 22.3. The number of hydrogen-bond acceptors (Lipinski definition) is 3. The van der Waals surface area contributed by atoms with Gasteiger partial charge >= 0.3 is 0 Å². The van der Waals surface area contributed by atoms with Gasteiger partial charge in [0.1, 0.15) is 5.82 Å². The van der Waals surface area contributed by atoms with Crippen molar-refractivity contribution in [3.63, 3.8) is 0 Å². The average Bonchev–Trinajstić information content (AvgIpc) is 2.77. The second-order valence-corrected chi connectivity index (χ2v) is 11.1. The summed E-state index contributed by atoms with van der Waals surface area (Å²) in [5.74, 6) is 0.800. The third-order valence-corrected chi connectivity index (χ3v) is 8.57. The molecule has 0 saturated carbocycles. The van der Waals surface area contributed by atoms with E-state index in [4.69, 9.17) is 9.69 Å². The Balaban J connectivity index is 1.80. The second kappa shape index (κ2) is 11.1. The number of benzene rings is 3. The number of thioether (sulfide) groups is 1. The molecule has 30 heavy (non-hydrogen) atoms. The van der Waals surface area contributed by atoms with Crippen LogP contribution >= 0.6 is 11.8 Å². The first-order chi connectivity index (χ1) is 14.6. The summed E-state index contributed by atoms with van der Waals surface area (Å²) in [5.41, 5.74) is 0.340. The smallest absolute Gasteiger partial charge is 0.240 e. The molecular formula is C25H26FNOSSi. The van der Waals surface area contributed by atoms with Gasteiger partial charge in [0.15, 0.2) is 0 Å². The second-order valence-electron chi connectivity index (χ2n) is 7.66. The average molecular weight is 436 g/mol. The van der Waals surface area contributed by atoms with Gasteiger partial charge in [0.2, 0.25) is 9.04 Å². The van der Waals surface area contributed by atoms with Crippen LogP contribution in [0.15, 0.2) is 83.8 Å². The molecule has 5 heteroatoms. The van der Waals surface area contributed by atoms with Crippen LogP contribution in [0.1, 0.15) is 25.8 Å². The van der Waals surface area contributed by atoms with E-state index >= 15 is 0 Å². The van der Waals surface area contributed by atoms with Gasteiger partial charge in [-0.3, -0.25) is 0 Å². The number of hydrogen-bond donors (Lipinski definition) is 0. The molecule has 0 aromatic heterocycles. The molecule has 0 aliphatic carbocycles. The van der Waals surface area contributed by atoms with E-state index in [-0.39, 0.29) is 11.9 Å². The highest BCUT2D eigenvalue weighted by atomic mass is 32.2. The highest BCUT2D eigenvalue weighted by Gasteiger charge is 2.23. The van der Waals surface area contributed by atoms with Crippen LogP contribution in [0, 0.1) is 23.1 Å². The summed E-state index contributed by atoms with van der Waals surface area (Å²) in [4.78, 5) is 0.559. The molecule has 0 aliphatic rings. The maximum Gasteiger partial charge on any atom is 0.240 e. The number of halogens is 1. The van der Waals surface area contributed by atoms with Gasteiger partial charge in [-0.15, -0.1) is 11.8 Å². The summed E-state index contributed by atoms with van der Waals surface area (Å²) in [6, 6.07) is 27.5. The number of rotatable bonds is 9. The first-order valence-corrected chi connectivity index (χ1v) is 12.8. The molecule has 0 aliphatic heterocycles. The van der Waals surface area contributed by atoms with Crippen LogP contribution in [0.25, 0.3) is 0 Å². The molecule has 1 unspecified atom stereocenters. The third kappa shape index (κ3) is 6.30. The van der Waals surface area contributed by atoms with Crippen LogP contribution < -0.4 is 10.4 Å². The molecule has 0 heterocycles. The molecule has 3 aromatic carbocycles. The Kier molecular flexibility index (Phi) is 8.27. The molecular weight excluding hydrogens is 409 g/mol. The third-order valence-electron chi connectivity index (χ3n) is 4.75. The molecule has 0 spiro atoms. The van der Waals surface area contributed by atoms with Crippen molar-refractivity contribution in [1.29, 1.82) is 5.26 Å². The normalized spacial score (nSPS) is 12.1. The zero-order chi connectivity index (χ0) is 21.3. The van der Waals surface area contributed by atoms with Crippen molar-refractivity contribution in [2.24, 2.45) is 5.92 Å². The monoisotopic (exact) mass is 435 g/mol. The van der Waals surface area contributed by atoms with E-state index < -0.39 is 9.04 Å². The van der Waals surface area contributed by atoms with E-state index in [0.29, 0.717) is 22.1 Å². The van der Waals surface area contributed by atoms with Gasteiger partial charge in [0.25, 0.3) is 0 Å². The maximum absolute atomic E-state index is 14.3. The maximum atomic E-state index is 14.3. The van der Waals surface area contributed by atoms with Crippen molar-refractivity contribution in [2.45, 2.75) is 31.3 Å². The SMILES string of the molecule is CC(C)CC(CSc1ccc(C#N)cc1F)O[SiH](c1ccccc1)c1ccccc1. The summed E-state index contributed by atoms with van der Waals surface area (Å²) in [5, 5.41) is 11.4. The van der Waals surface area contributed by atoms with E-state index in [0.717, 1.165) is 6.42 Å². The van der Waals surface area contributed by atoms with Gasteiger partial charge < -0.3 is 4.43 Å². The lowest BCUT2D eigenvalue weighted by Crippen LogP contribution is -2.47. The van der Waals surface area contributed by atoms with Crippen molar-refractivity contribution in [2.75, 3.05) is 5.75 Å². The van der Waals surface area contributed by atoms with E-state index in [1.165, 1.54) is 28.2 Å². The minimum absolute atomic E-state index is 0.0159. The molecule has 2 nitrogen and oxygen atoms in total. The van der Waals surface area contributed by atoms with Crippen molar-refractivity contribution >= 4 is 31.2 Å². The Morgan fingerprint density at radius 3 is 2.07 bits per heavy atom. The molecule has 3 rings (SSSR count). The number of nitrogens with zero attached hydrogens (tertiary/aromatic N) is 1. The lowest BCUT2D eigenvalue weighted by atomic mass is 10.1. The molecule has 0 radical (unpaired) electrons. The summed E-state index contributed by atoms with van der Waals surface area (Å²) < 4.78 is 21.1. The molecule has 0 fully saturated rings. The first-order valence-electron chi connectivity index (χ1n) is 10.1. The quantitative estimate of drug-likeness (QED) is 0.359. The summed E-state index contributed by atoms with van der Waals surface area (Å²) in [7, 11) is -1.87. The van der Waals surface area contributed by atoms with E-state index in [2.05, 4.69) is 62.4 Å². The summed E-state index contributed by atoms with van der Waals surface area (Å²) >= 11 is 1.46. The molecule has 1 atom stereocenters. The molecule has 0 bridgehead atoms. The lowest BCUT2D eigenvalue weighted by Gasteiger charge is -2.26. The van der Waals surface area contributed by atoms with Gasteiger partial charge in [-0.25, -0.2) is 4.39 Å². The molecule has 0 N–H and O–H groups in total. The highest BCUT2D eigenvalue weighted by Crippen LogP contribution is 2.26. The fraction of sp³-hybridized carbons (Fsp3) is 0.240. The molecule has 0 saturated heterocycles. The Hall–Kier alpha value is -2.39. The predicted octanol–water partition coefficient (Wildman–Crippen LogP) is 4.76. The highest BCUT2D eigenvalue weighted by molar-refractivity contribution is 7.99. The van der Waals surface area contributed by atoms with Gasteiger partial charge in [0.05, 0.1) is 17.7 Å². The van der Waals surface area contributed by atoms with E-state index in [1.54, 1.807) is 12.1 Å². The lowest BCUT2D eigenvalue weighted by molar-refractivity contribution is 0.205. The Bertz CT molecular complexity index is 936. The van der Waals surface area contributed by atoms with E-state index in [9.17, 15) is 4.39 Å². The molecule has 154 valence electrons. The van der Waals surface area contributed by atoms with E-state index in [1.807, 2.05) is 18.2 Å². The van der Waals surface area contributed by atoms with Crippen LogP contribution in [0.3, 0.4) is 0 Å². The zero-order valence-electron chi connectivity index (χ0n) is 17.3. The van der Waals surface area contributed by atoms with Gasteiger partial charge in [-0.1, -0.05) is 74.5 Å². The fourth-order valence-corrected chi connectivity index (χ4v) is 6.87. The summed E-state index contributed by atoms with van der Waals surface area (Å²) in [6.07, 6.45) is 0.927. The summed E-state index contributed by atoms with van der Waals surface area (Å²) in [6.45, 7) is 4.37. The molecule has 3 aromatic rings. The Morgan fingerprint density at radius 2 is 1.57 bits per heavy atom. The van der Waals surface area contributed by atoms with Crippen LogP contribution in [-0.4, -0.2) is 20.9 Å². The van der Waals surface area contributed by atoms with Crippen molar-refractivity contribution < 1.29 is 8.82 Å². The van der Waals surface area contributed by atoms with Crippen LogP contribution in [0.2, 0.25) is 0 Å². The fourth-order valence-electron chi connectivity index (χ4n) is 3.36. The van der Waals surface area contributed by atoms with Gasteiger partial charge in [-0.05, 0) is 40.9 Å². The molecule has 0 amide bonds.